The van der Waals surface area contributed by atoms with Crippen molar-refractivity contribution in [3.63, 3.8) is 0 Å². The third-order valence-corrected chi connectivity index (χ3v) is 3.18. The van der Waals surface area contributed by atoms with Gasteiger partial charge in [-0.25, -0.2) is 0 Å². The van der Waals surface area contributed by atoms with Crippen molar-refractivity contribution >= 4 is 0 Å². The van der Waals surface area contributed by atoms with Crippen molar-refractivity contribution in [2.45, 2.75) is 24.9 Å². The maximum Gasteiger partial charge on any atom is 0.0558 e. The Morgan fingerprint density at radius 3 is 2.50 bits per heavy atom. The minimum Gasteiger partial charge on any atom is -0.395 e. The summed E-state index contributed by atoms with van der Waals surface area (Å²) in [4.78, 5) is 2.34. The van der Waals surface area contributed by atoms with Crippen LogP contribution in [0, 0.1) is 0 Å². The normalized spacial score (nSPS) is 17.7. The molecule has 1 saturated carbocycles. The molecule has 16 heavy (non-hydrogen) atoms. The van der Waals surface area contributed by atoms with Gasteiger partial charge in [-0.1, -0.05) is 30.3 Å². The van der Waals surface area contributed by atoms with Crippen LogP contribution in [0.2, 0.25) is 0 Å². The van der Waals surface area contributed by atoms with E-state index in [0.717, 1.165) is 6.54 Å². The van der Waals surface area contributed by atoms with Crippen molar-refractivity contribution < 1.29 is 5.11 Å². The molecule has 1 fully saturated rings. The van der Waals surface area contributed by atoms with E-state index < -0.39 is 0 Å². The molecule has 3 N–H and O–H groups in total. The minimum absolute atomic E-state index is 0.208. The van der Waals surface area contributed by atoms with Crippen LogP contribution in [0.25, 0.3) is 0 Å². The summed E-state index contributed by atoms with van der Waals surface area (Å²) < 4.78 is 0. The Morgan fingerprint density at radius 2 is 2.00 bits per heavy atom. The van der Waals surface area contributed by atoms with Crippen LogP contribution in [-0.4, -0.2) is 35.7 Å². The van der Waals surface area contributed by atoms with Gasteiger partial charge >= 0.3 is 0 Å². The van der Waals surface area contributed by atoms with E-state index >= 15 is 0 Å². The summed E-state index contributed by atoms with van der Waals surface area (Å²) in [6.07, 6.45) is 2.48. The zero-order valence-electron chi connectivity index (χ0n) is 9.55. The maximum absolute atomic E-state index is 9.12. The van der Waals surface area contributed by atoms with Crippen molar-refractivity contribution in [3.8, 4) is 0 Å². The highest BCUT2D eigenvalue weighted by Gasteiger charge is 2.33. The Balaban J connectivity index is 2.13. The molecule has 1 unspecified atom stereocenters. The number of aliphatic hydroxyl groups is 1. The van der Waals surface area contributed by atoms with E-state index in [2.05, 4.69) is 17.0 Å². The number of nitrogens with two attached hydrogens (primary N) is 1. The molecule has 0 amide bonds. The molecule has 1 aromatic carbocycles. The van der Waals surface area contributed by atoms with Crippen molar-refractivity contribution in [2.24, 2.45) is 5.73 Å². The van der Waals surface area contributed by atoms with Crippen molar-refractivity contribution in [2.75, 3.05) is 19.7 Å². The number of hydrogen-bond donors (Lipinski definition) is 2. The first kappa shape index (κ1) is 11.6. The van der Waals surface area contributed by atoms with E-state index in [-0.39, 0.29) is 12.6 Å². The van der Waals surface area contributed by atoms with E-state index in [1.165, 1.54) is 18.4 Å². The van der Waals surface area contributed by atoms with Gasteiger partial charge in [0.2, 0.25) is 0 Å². The number of aliphatic hydroxyl groups excluding tert-OH is 1. The van der Waals surface area contributed by atoms with Crippen LogP contribution in [-0.2, 0) is 0 Å². The second kappa shape index (κ2) is 5.43. The third kappa shape index (κ3) is 2.61. The summed E-state index contributed by atoms with van der Waals surface area (Å²) in [5.74, 6) is 0. The van der Waals surface area contributed by atoms with E-state index in [1.807, 2.05) is 18.2 Å². The van der Waals surface area contributed by atoms with Crippen LogP contribution in [0.4, 0.5) is 0 Å². The van der Waals surface area contributed by atoms with Crippen LogP contribution >= 0.6 is 0 Å². The van der Waals surface area contributed by atoms with Crippen LogP contribution in [0.5, 0.6) is 0 Å². The molecule has 0 spiro atoms. The van der Waals surface area contributed by atoms with Gasteiger partial charge in [0.1, 0.15) is 0 Å². The lowest BCUT2D eigenvalue weighted by atomic mass is 10.1. The van der Waals surface area contributed by atoms with E-state index in [9.17, 15) is 0 Å². The molecule has 0 saturated heterocycles. The fourth-order valence-corrected chi connectivity index (χ4v) is 2.25. The summed E-state index contributed by atoms with van der Waals surface area (Å²) in [6.45, 7) is 1.54. The third-order valence-electron chi connectivity index (χ3n) is 3.18. The average molecular weight is 220 g/mol. The Morgan fingerprint density at radius 1 is 1.31 bits per heavy atom. The second-order valence-electron chi connectivity index (χ2n) is 4.35. The first-order chi connectivity index (χ1) is 7.86. The largest absolute Gasteiger partial charge is 0.395 e. The summed E-state index contributed by atoms with van der Waals surface area (Å²) >= 11 is 0. The zero-order valence-corrected chi connectivity index (χ0v) is 9.55. The first-order valence-corrected chi connectivity index (χ1v) is 5.98. The molecule has 1 aliphatic rings. The molecule has 3 nitrogen and oxygen atoms in total. The number of nitrogens with zero attached hydrogens (tertiary/aromatic N) is 1. The quantitative estimate of drug-likeness (QED) is 0.756. The fourth-order valence-electron chi connectivity index (χ4n) is 2.25. The van der Waals surface area contributed by atoms with Gasteiger partial charge in [-0.3, -0.25) is 4.90 Å². The number of benzene rings is 1. The highest BCUT2D eigenvalue weighted by molar-refractivity contribution is 5.20. The lowest BCUT2D eigenvalue weighted by molar-refractivity contribution is 0.145. The van der Waals surface area contributed by atoms with Gasteiger partial charge in [0, 0.05) is 25.2 Å². The van der Waals surface area contributed by atoms with E-state index in [0.29, 0.717) is 12.6 Å². The van der Waals surface area contributed by atoms with Gasteiger partial charge in [-0.15, -0.1) is 0 Å². The Kier molecular flexibility index (Phi) is 3.93. The smallest absolute Gasteiger partial charge is 0.0558 e. The highest BCUT2D eigenvalue weighted by Crippen LogP contribution is 2.33. The summed E-state index contributed by atoms with van der Waals surface area (Å²) in [5, 5.41) is 9.12. The van der Waals surface area contributed by atoms with Gasteiger partial charge in [-0.05, 0) is 18.4 Å². The van der Waals surface area contributed by atoms with Crippen LogP contribution in [0.15, 0.2) is 30.3 Å². The summed E-state index contributed by atoms with van der Waals surface area (Å²) in [7, 11) is 0. The van der Waals surface area contributed by atoms with E-state index in [4.69, 9.17) is 10.8 Å². The predicted octanol–water partition coefficient (Wildman–Crippen LogP) is 1.14. The number of rotatable bonds is 6. The monoisotopic (exact) mass is 220 g/mol. The van der Waals surface area contributed by atoms with Gasteiger partial charge < -0.3 is 10.8 Å². The molecule has 0 heterocycles. The molecular formula is C13H20N2O. The molecule has 1 aliphatic carbocycles. The summed E-state index contributed by atoms with van der Waals surface area (Å²) in [6, 6.07) is 11.2. The van der Waals surface area contributed by atoms with Gasteiger partial charge in [0.15, 0.2) is 0 Å². The Bertz CT molecular complexity index is 311. The standard InChI is InChI=1S/C13H20N2O/c14-10-13(11-4-2-1-3-5-11)15(8-9-16)12-6-7-12/h1-5,12-13,16H,6-10,14H2. The molecule has 1 atom stereocenters. The van der Waals surface area contributed by atoms with Crippen LogP contribution < -0.4 is 5.73 Å². The van der Waals surface area contributed by atoms with Crippen molar-refractivity contribution in [1.29, 1.82) is 0 Å². The molecule has 0 radical (unpaired) electrons. The molecule has 0 aromatic heterocycles. The van der Waals surface area contributed by atoms with Gasteiger partial charge in [0.25, 0.3) is 0 Å². The SMILES string of the molecule is NCC(c1ccccc1)N(CCO)C1CC1. The van der Waals surface area contributed by atoms with E-state index in [1.54, 1.807) is 0 Å². The van der Waals surface area contributed by atoms with Crippen LogP contribution in [0.1, 0.15) is 24.4 Å². The van der Waals surface area contributed by atoms with Crippen LogP contribution in [0.3, 0.4) is 0 Å². The summed E-state index contributed by atoms with van der Waals surface area (Å²) in [5.41, 5.74) is 7.13. The molecule has 0 bridgehead atoms. The molecule has 0 aliphatic heterocycles. The molecule has 3 heteroatoms. The topological polar surface area (TPSA) is 49.5 Å². The Hall–Kier alpha value is -0.900. The molecule has 2 rings (SSSR count). The maximum atomic E-state index is 9.12. The Labute approximate surface area is 96.9 Å². The first-order valence-electron chi connectivity index (χ1n) is 5.98. The minimum atomic E-state index is 0.208. The highest BCUT2D eigenvalue weighted by atomic mass is 16.3. The fraction of sp³-hybridized carbons (Fsp3) is 0.538. The molecular weight excluding hydrogens is 200 g/mol. The van der Waals surface area contributed by atoms with Crippen molar-refractivity contribution in [3.05, 3.63) is 35.9 Å². The zero-order chi connectivity index (χ0) is 11.4. The number of hydrogen-bond acceptors (Lipinski definition) is 3. The second-order valence-corrected chi connectivity index (χ2v) is 4.35. The average Bonchev–Trinajstić information content (AvgIpc) is 3.14. The van der Waals surface area contributed by atoms with Gasteiger partial charge in [-0.2, -0.15) is 0 Å². The van der Waals surface area contributed by atoms with Crippen molar-refractivity contribution in [1.82, 2.24) is 4.90 Å². The molecule has 88 valence electrons. The van der Waals surface area contributed by atoms with Gasteiger partial charge in [0.05, 0.1) is 6.61 Å². The predicted molar refractivity (Wildman–Crippen MR) is 65.1 cm³/mol. The molecule has 1 aromatic rings. The lowest BCUT2D eigenvalue weighted by Gasteiger charge is -2.30. The lowest BCUT2D eigenvalue weighted by Crippen LogP contribution is -2.37.